The maximum absolute atomic E-state index is 12.4. The molecule has 1 N–H and O–H groups in total. The highest BCUT2D eigenvalue weighted by atomic mass is 16.5. The minimum Gasteiger partial charge on any atom is -0.493 e. The summed E-state index contributed by atoms with van der Waals surface area (Å²) >= 11 is 0. The molecule has 6 nitrogen and oxygen atoms in total. The van der Waals surface area contributed by atoms with Gasteiger partial charge in [0.15, 0.2) is 17.1 Å². The molecule has 156 valence electrons. The highest BCUT2D eigenvalue weighted by Crippen LogP contribution is 2.28. The molecule has 4 aromatic rings. The quantitative estimate of drug-likeness (QED) is 0.338. The van der Waals surface area contributed by atoms with Gasteiger partial charge in [0.1, 0.15) is 12.4 Å². The third kappa shape index (κ3) is 4.75. The second-order valence-corrected chi connectivity index (χ2v) is 7.00. The summed E-state index contributed by atoms with van der Waals surface area (Å²) < 4.78 is 16.8. The zero-order valence-electron chi connectivity index (χ0n) is 17.3. The Bertz CT molecular complexity index is 1230. The van der Waals surface area contributed by atoms with Gasteiger partial charge in [-0.3, -0.25) is 4.79 Å². The zero-order chi connectivity index (χ0) is 21.6. The van der Waals surface area contributed by atoms with E-state index in [0.29, 0.717) is 23.7 Å². The Labute approximate surface area is 180 Å². The van der Waals surface area contributed by atoms with Crippen molar-refractivity contribution in [2.24, 2.45) is 5.10 Å². The standard InChI is InChI=1S/C25H22N2O4/c1-17-10-12-18(13-11-17)16-30-21-8-4-3-6-20(21)15-26-27-25(28)23-14-19-7-5-9-22(29-2)24(19)31-23/h3-15H,16H2,1-2H3,(H,27,28)/b26-15-. The van der Waals surface area contributed by atoms with Crippen LogP contribution in [0.2, 0.25) is 0 Å². The molecule has 1 aromatic heterocycles. The lowest BCUT2D eigenvalue weighted by molar-refractivity contribution is 0.0929. The van der Waals surface area contributed by atoms with Gasteiger partial charge in [-0.25, -0.2) is 5.43 Å². The fourth-order valence-corrected chi connectivity index (χ4v) is 3.09. The number of carbonyl (C=O) groups is 1. The molecule has 1 heterocycles. The Kier molecular flexibility index (Phi) is 5.98. The molecule has 0 saturated heterocycles. The van der Waals surface area contributed by atoms with Crippen molar-refractivity contribution in [3.63, 3.8) is 0 Å². The first kappa shape index (κ1) is 20.2. The van der Waals surface area contributed by atoms with Crippen molar-refractivity contribution in [2.45, 2.75) is 13.5 Å². The van der Waals surface area contributed by atoms with E-state index in [0.717, 1.165) is 16.5 Å². The predicted octanol–water partition coefficient (Wildman–Crippen LogP) is 5.09. The molecule has 1 amide bonds. The highest BCUT2D eigenvalue weighted by molar-refractivity contribution is 5.97. The summed E-state index contributed by atoms with van der Waals surface area (Å²) in [6.45, 7) is 2.49. The van der Waals surface area contributed by atoms with Crippen molar-refractivity contribution in [2.75, 3.05) is 7.11 Å². The van der Waals surface area contributed by atoms with Crippen LogP contribution in [-0.2, 0) is 6.61 Å². The van der Waals surface area contributed by atoms with Crippen LogP contribution in [0.1, 0.15) is 27.2 Å². The molecule has 0 aliphatic heterocycles. The second kappa shape index (κ2) is 9.17. The van der Waals surface area contributed by atoms with Crippen molar-refractivity contribution in [1.82, 2.24) is 5.43 Å². The van der Waals surface area contributed by atoms with Crippen LogP contribution in [0.4, 0.5) is 0 Å². The number of hydrazone groups is 1. The molecule has 0 saturated carbocycles. The molecule has 4 rings (SSSR count). The number of carbonyl (C=O) groups excluding carboxylic acids is 1. The van der Waals surface area contributed by atoms with E-state index in [4.69, 9.17) is 13.9 Å². The van der Waals surface area contributed by atoms with E-state index in [2.05, 4.69) is 22.7 Å². The van der Waals surface area contributed by atoms with E-state index >= 15 is 0 Å². The molecule has 31 heavy (non-hydrogen) atoms. The Morgan fingerprint density at radius 2 is 1.81 bits per heavy atom. The molecule has 0 atom stereocenters. The summed E-state index contributed by atoms with van der Waals surface area (Å²) in [5.74, 6) is 0.947. The summed E-state index contributed by atoms with van der Waals surface area (Å²) in [5.41, 5.74) is 6.05. The lowest BCUT2D eigenvalue weighted by atomic mass is 10.1. The number of hydrogen-bond donors (Lipinski definition) is 1. The van der Waals surface area contributed by atoms with Gasteiger partial charge >= 0.3 is 5.91 Å². The monoisotopic (exact) mass is 414 g/mol. The maximum atomic E-state index is 12.4. The number of furan rings is 1. The Morgan fingerprint density at radius 1 is 1.03 bits per heavy atom. The second-order valence-electron chi connectivity index (χ2n) is 7.00. The fourth-order valence-electron chi connectivity index (χ4n) is 3.09. The first-order valence-electron chi connectivity index (χ1n) is 9.81. The van der Waals surface area contributed by atoms with Gasteiger partial charge in [-0.05, 0) is 36.8 Å². The number of rotatable bonds is 7. The fraction of sp³-hybridized carbons (Fsp3) is 0.120. The number of benzene rings is 3. The molecule has 0 spiro atoms. The highest BCUT2D eigenvalue weighted by Gasteiger charge is 2.14. The van der Waals surface area contributed by atoms with Crippen LogP contribution in [0.25, 0.3) is 11.0 Å². The summed E-state index contributed by atoms with van der Waals surface area (Å²) in [6, 6.07) is 22.8. The average Bonchev–Trinajstić information content (AvgIpc) is 3.24. The number of fused-ring (bicyclic) bond motifs is 1. The third-order valence-electron chi connectivity index (χ3n) is 4.76. The minimum atomic E-state index is -0.451. The minimum absolute atomic E-state index is 0.153. The van der Waals surface area contributed by atoms with Crippen LogP contribution >= 0.6 is 0 Å². The van der Waals surface area contributed by atoms with Gasteiger partial charge in [0.2, 0.25) is 0 Å². The molecule has 0 aliphatic rings. The largest absolute Gasteiger partial charge is 0.493 e. The molecular weight excluding hydrogens is 392 g/mol. The van der Waals surface area contributed by atoms with E-state index in [1.54, 1.807) is 25.5 Å². The molecule has 0 fully saturated rings. The lowest BCUT2D eigenvalue weighted by Gasteiger charge is -2.09. The van der Waals surface area contributed by atoms with Crippen molar-refractivity contribution in [3.8, 4) is 11.5 Å². The van der Waals surface area contributed by atoms with Crippen molar-refractivity contribution < 1.29 is 18.7 Å². The maximum Gasteiger partial charge on any atom is 0.307 e. The Balaban J connectivity index is 1.43. The van der Waals surface area contributed by atoms with Crippen LogP contribution in [-0.4, -0.2) is 19.2 Å². The molecular formula is C25H22N2O4. The van der Waals surface area contributed by atoms with Gasteiger partial charge in [-0.2, -0.15) is 5.10 Å². The molecule has 0 radical (unpaired) electrons. The Hall–Kier alpha value is -4.06. The van der Waals surface area contributed by atoms with Gasteiger partial charge in [0, 0.05) is 10.9 Å². The summed E-state index contributed by atoms with van der Waals surface area (Å²) in [4.78, 5) is 12.4. The van der Waals surface area contributed by atoms with Crippen LogP contribution < -0.4 is 14.9 Å². The van der Waals surface area contributed by atoms with Gasteiger partial charge < -0.3 is 13.9 Å². The van der Waals surface area contributed by atoms with Crippen LogP contribution in [0.3, 0.4) is 0 Å². The van der Waals surface area contributed by atoms with Gasteiger partial charge in [0.05, 0.1) is 13.3 Å². The molecule has 0 aliphatic carbocycles. The number of methoxy groups -OCH3 is 1. The summed E-state index contributed by atoms with van der Waals surface area (Å²) in [7, 11) is 1.56. The van der Waals surface area contributed by atoms with Crippen molar-refractivity contribution in [1.29, 1.82) is 0 Å². The van der Waals surface area contributed by atoms with Crippen molar-refractivity contribution in [3.05, 3.63) is 95.2 Å². The van der Waals surface area contributed by atoms with Gasteiger partial charge in [-0.15, -0.1) is 0 Å². The van der Waals surface area contributed by atoms with E-state index in [1.165, 1.54) is 5.56 Å². The molecule has 0 unspecified atom stereocenters. The number of aryl methyl sites for hydroxylation is 1. The zero-order valence-corrected chi connectivity index (χ0v) is 17.3. The SMILES string of the molecule is COc1cccc2cc(C(=O)N/N=C\c3ccccc3OCc3ccc(C)cc3)oc12. The molecule has 0 bridgehead atoms. The van der Waals surface area contributed by atoms with E-state index in [-0.39, 0.29) is 5.76 Å². The first-order valence-corrected chi connectivity index (χ1v) is 9.81. The number of amides is 1. The third-order valence-corrected chi connectivity index (χ3v) is 4.76. The predicted molar refractivity (Wildman–Crippen MR) is 120 cm³/mol. The van der Waals surface area contributed by atoms with Crippen LogP contribution in [0.15, 0.2) is 82.3 Å². The average molecular weight is 414 g/mol. The topological polar surface area (TPSA) is 73.1 Å². The molecule has 6 heteroatoms. The first-order chi connectivity index (χ1) is 15.1. The van der Waals surface area contributed by atoms with Gasteiger partial charge in [0.25, 0.3) is 0 Å². The number of nitrogens with zero attached hydrogens (tertiary/aromatic N) is 1. The number of hydrogen-bond acceptors (Lipinski definition) is 5. The van der Waals surface area contributed by atoms with Crippen LogP contribution in [0.5, 0.6) is 11.5 Å². The summed E-state index contributed by atoms with van der Waals surface area (Å²) in [5, 5.41) is 4.84. The van der Waals surface area contributed by atoms with Crippen LogP contribution in [0, 0.1) is 6.92 Å². The lowest BCUT2D eigenvalue weighted by Crippen LogP contribution is -2.16. The molecule has 3 aromatic carbocycles. The number of para-hydroxylation sites is 2. The summed E-state index contributed by atoms with van der Waals surface area (Å²) in [6.07, 6.45) is 1.55. The van der Waals surface area contributed by atoms with Gasteiger partial charge in [-0.1, -0.05) is 54.1 Å². The van der Waals surface area contributed by atoms with E-state index in [1.807, 2.05) is 55.5 Å². The number of nitrogens with one attached hydrogen (secondary N) is 1. The number of ether oxygens (including phenoxy) is 2. The Morgan fingerprint density at radius 3 is 2.61 bits per heavy atom. The smallest absolute Gasteiger partial charge is 0.307 e. The van der Waals surface area contributed by atoms with E-state index < -0.39 is 5.91 Å². The normalized spacial score (nSPS) is 11.0. The van der Waals surface area contributed by atoms with Crippen molar-refractivity contribution >= 4 is 23.1 Å². The van der Waals surface area contributed by atoms with E-state index in [9.17, 15) is 4.79 Å².